The van der Waals surface area contributed by atoms with Gasteiger partial charge >= 0.3 is 6.09 Å². The summed E-state index contributed by atoms with van der Waals surface area (Å²) in [6.45, 7) is 6.07. The van der Waals surface area contributed by atoms with E-state index >= 15 is 0 Å². The zero-order valence-corrected chi connectivity index (χ0v) is 19.9. The molecule has 0 saturated heterocycles. The molecule has 2 aromatic rings. The summed E-state index contributed by atoms with van der Waals surface area (Å²) in [5.74, 6) is 0.728. The van der Waals surface area contributed by atoms with E-state index in [4.69, 9.17) is 14.2 Å². The maximum absolute atomic E-state index is 12.1. The predicted octanol–water partition coefficient (Wildman–Crippen LogP) is 4.03. The molecule has 2 aromatic carbocycles. The lowest BCUT2D eigenvalue weighted by Crippen LogP contribution is -2.33. The third-order valence-corrected chi connectivity index (χ3v) is 4.55. The molecule has 0 radical (unpaired) electrons. The fourth-order valence-electron chi connectivity index (χ4n) is 3.01. The Hall–Kier alpha value is -3.06. The maximum atomic E-state index is 12.1. The molecule has 0 unspecified atom stereocenters. The van der Waals surface area contributed by atoms with Crippen molar-refractivity contribution < 1.29 is 23.8 Å². The Balaban J connectivity index is 2.21. The monoisotopic (exact) mass is 442 g/mol. The Morgan fingerprint density at radius 2 is 1.78 bits per heavy atom. The molecule has 0 saturated carbocycles. The highest BCUT2D eigenvalue weighted by Gasteiger charge is 2.16. The van der Waals surface area contributed by atoms with Crippen molar-refractivity contribution in [1.29, 1.82) is 0 Å². The van der Waals surface area contributed by atoms with E-state index in [2.05, 4.69) is 5.32 Å². The summed E-state index contributed by atoms with van der Waals surface area (Å²) in [7, 11) is 5.07. The van der Waals surface area contributed by atoms with E-state index < -0.39 is 11.7 Å². The van der Waals surface area contributed by atoms with Gasteiger partial charge in [-0.2, -0.15) is 0 Å². The molecular weight excluding hydrogens is 408 g/mol. The number of rotatable bonds is 9. The Kier molecular flexibility index (Phi) is 9.08. The Morgan fingerprint density at radius 1 is 1.03 bits per heavy atom. The second-order valence-corrected chi connectivity index (χ2v) is 8.73. The highest BCUT2D eigenvalue weighted by Crippen LogP contribution is 2.32. The molecule has 7 nitrogen and oxygen atoms in total. The summed E-state index contributed by atoms with van der Waals surface area (Å²) in [6.07, 6.45) is 0.528. The molecule has 0 atom stereocenters. The predicted molar refractivity (Wildman–Crippen MR) is 125 cm³/mol. The number of hydrogen-bond acceptors (Lipinski definition) is 5. The van der Waals surface area contributed by atoms with Crippen molar-refractivity contribution in [2.75, 3.05) is 34.5 Å². The number of nitrogens with zero attached hydrogens (tertiary/aromatic N) is 1. The minimum absolute atomic E-state index is 0.0416. The summed E-state index contributed by atoms with van der Waals surface area (Å²) in [6, 6.07) is 13.8. The number of ether oxygens (including phenoxy) is 3. The molecule has 0 aliphatic heterocycles. The number of carbonyl (C=O) groups is 2. The van der Waals surface area contributed by atoms with E-state index in [0.717, 1.165) is 22.3 Å². The first-order chi connectivity index (χ1) is 15.1. The molecule has 32 heavy (non-hydrogen) atoms. The molecule has 0 heterocycles. The second-order valence-electron chi connectivity index (χ2n) is 8.73. The average Bonchev–Trinajstić information content (AvgIpc) is 2.71. The van der Waals surface area contributed by atoms with E-state index in [0.29, 0.717) is 25.1 Å². The minimum Gasteiger partial charge on any atom is -0.467 e. The summed E-state index contributed by atoms with van der Waals surface area (Å²) in [5, 5.41) is 2.78. The van der Waals surface area contributed by atoms with Crippen molar-refractivity contribution in [2.24, 2.45) is 0 Å². The molecule has 0 fully saturated rings. The first-order valence-corrected chi connectivity index (χ1v) is 10.6. The molecule has 0 aliphatic carbocycles. The smallest absolute Gasteiger partial charge is 0.407 e. The van der Waals surface area contributed by atoms with Gasteiger partial charge in [-0.15, -0.1) is 0 Å². The molecule has 7 heteroatoms. The van der Waals surface area contributed by atoms with Crippen molar-refractivity contribution >= 4 is 12.0 Å². The van der Waals surface area contributed by atoms with Gasteiger partial charge in [0.2, 0.25) is 5.91 Å². The molecular formula is C25H34N2O5. The van der Waals surface area contributed by atoms with E-state index in [1.54, 1.807) is 26.1 Å². The molecule has 0 bridgehead atoms. The Morgan fingerprint density at radius 3 is 2.44 bits per heavy atom. The van der Waals surface area contributed by atoms with Gasteiger partial charge in [-0.25, -0.2) is 4.79 Å². The Labute approximate surface area is 190 Å². The van der Waals surface area contributed by atoms with Crippen LogP contribution in [0.2, 0.25) is 0 Å². The molecule has 1 N–H and O–H groups in total. The van der Waals surface area contributed by atoms with Crippen LogP contribution in [0.15, 0.2) is 42.5 Å². The normalized spacial score (nSPS) is 11.1. The van der Waals surface area contributed by atoms with Gasteiger partial charge in [0.05, 0.1) is 6.42 Å². The summed E-state index contributed by atoms with van der Waals surface area (Å²) in [4.78, 5) is 25.6. The highest BCUT2D eigenvalue weighted by atomic mass is 16.7. The van der Waals surface area contributed by atoms with Crippen LogP contribution in [0.4, 0.5) is 4.79 Å². The summed E-state index contributed by atoms with van der Waals surface area (Å²) >= 11 is 0. The first-order valence-electron chi connectivity index (χ1n) is 10.6. The van der Waals surface area contributed by atoms with Crippen LogP contribution >= 0.6 is 0 Å². The summed E-state index contributed by atoms with van der Waals surface area (Å²) < 4.78 is 16.1. The third kappa shape index (κ3) is 8.23. The van der Waals surface area contributed by atoms with Gasteiger partial charge in [-0.3, -0.25) is 4.79 Å². The maximum Gasteiger partial charge on any atom is 0.407 e. The van der Waals surface area contributed by atoms with Gasteiger partial charge in [0.25, 0.3) is 0 Å². The number of methoxy groups -OCH3 is 1. The quantitative estimate of drug-likeness (QED) is 0.593. The van der Waals surface area contributed by atoms with Gasteiger partial charge in [0.1, 0.15) is 11.4 Å². The molecule has 2 rings (SSSR count). The highest BCUT2D eigenvalue weighted by molar-refractivity contribution is 5.79. The van der Waals surface area contributed by atoms with Crippen molar-refractivity contribution in [3.05, 3.63) is 53.6 Å². The average molecular weight is 443 g/mol. The van der Waals surface area contributed by atoms with Crippen molar-refractivity contribution in [1.82, 2.24) is 10.2 Å². The van der Waals surface area contributed by atoms with Gasteiger partial charge < -0.3 is 24.4 Å². The lowest BCUT2D eigenvalue weighted by Gasteiger charge is -2.19. The number of hydrogen-bond donors (Lipinski definition) is 1. The van der Waals surface area contributed by atoms with E-state index in [1.807, 2.05) is 63.2 Å². The largest absolute Gasteiger partial charge is 0.467 e. The van der Waals surface area contributed by atoms with E-state index in [1.165, 1.54) is 0 Å². The third-order valence-electron chi connectivity index (χ3n) is 4.55. The molecule has 0 spiro atoms. The minimum atomic E-state index is -0.531. The van der Waals surface area contributed by atoms with Crippen LogP contribution < -0.4 is 10.1 Å². The van der Waals surface area contributed by atoms with Crippen LogP contribution in [0.5, 0.6) is 5.75 Å². The lowest BCUT2D eigenvalue weighted by atomic mass is 9.98. The van der Waals surface area contributed by atoms with Crippen molar-refractivity contribution in [2.45, 2.75) is 39.2 Å². The molecule has 0 aromatic heterocycles. The SMILES string of the molecule is COCOc1ccc(CCNC(=O)OC(C)(C)C)cc1-c1cccc(CC(=O)N(C)C)c1. The van der Waals surface area contributed by atoms with Crippen LogP contribution in [0.25, 0.3) is 11.1 Å². The van der Waals surface area contributed by atoms with Gasteiger partial charge in [-0.1, -0.05) is 30.3 Å². The number of likely N-dealkylation sites (N-methyl/N-ethyl adjacent to an activating group) is 1. The van der Waals surface area contributed by atoms with Crippen LogP contribution in [0, 0.1) is 0 Å². The van der Waals surface area contributed by atoms with E-state index in [9.17, 15) is 9.59 Å². The van der Waals surface area contributed by atoms with Crippen molar-refractivity contribution in [3.63, 3.8) is 0 Å². The van der Waals surface area contributed by atoms with Gasteiger partial charge in [0, 0.05) is 33.3 Å². The van der Waals surface area contributed by atoms with Crippen LogP contribution in [-0.4, -0.2) is 57.0 Å². The zero-order chi connectivity index (χ0) is 23.7. The Bertz CT molecular complexity index is 919. The standard InChI is InChI=1S/C25H34N2O5/c1-25(2,3)32-24(29)26-13-12-18-10-11-22(31-17-30-6)21(15-18)20-9-7-8-19(14-20)16-23(28)27(4)5/h7-11,14-15H,12-13,16-17H2,1-6H3,(H,26,29). The molecule has 174 valence electrons. The van der Waals surface area contributed by atoms with Gasteiger partial charge in [-0.05, 0) is 56.0 Å². The zero-order valence-electron chi connectivity index (χ0n) is 19.9. The second kappa shape index (κ2) is 11.5. The number of amides is 2. The van der Waals surface area contributed by atoms with Crippen LogP contribution in [0.1, 0.15) is 31.9 Å². The van der Waals surface area contributed by atoms with Crippen LogP contribution in [0.3, 0.4) is 0 Å². The molecule has 2 amide bonds. The summed E-state index contributed by atoms with van der Waals surface area (Å²) in [5.41, 5.74) is 3.28. The number of nitrogens with one attached hydrogen (secondary N) is 1. The van der Waals surface area contributed by atoms with Crippen molar-refractivity contribution in [3.8, 4) is 16.9 Å². The lowest BCUT2D eigenvalue weighted by molar-refractivity contribution is -0.127. The molecule has 0 aliphatic rings. The number of alkyl carbamates (subject to hydrolysis) is 1. The first kappa shape index (κ1) is 25.2. The topological polar surface area (TPSA) is 77.1 Å². The van der Waals surface area contributed by atoms with Gasteiger partial charge in [0.15, 0.2) is 6.79 Å². The van der Waals surface area contributed by atoms with E-state index in [-0.39, 0.29) is 12.7 Å². The number of benzene rings is 2. The van der Waals surface area contributed by atoms with Crippen LogP contribution in [-0.2, 0) is 27.1 Å². The number of carbonyl (C=O) groups excluding carboxylic acids is 2. The fraction of sp³-hybridized carbons (Fsp3) is 0.440. The fourth-order valence-corrected chi connectivity index (χ4v) is 3.01.